The first-order valence-electron chi connectivity index (χ1n) is 4.34. The molecule has 1 heterocycles. The number of nitrogens with two attached hydrogens (primary N) is 1. The number of amides is 1. The molecule has 0 fully saturated rings. The number of anilines is 1. The van der Waals surface area contributed by atoms with Crippen LogP contribution in [0.3, 0.4) is 0 Å². The third-order valence-electron chi connectivity index (χ3n) is 2.48. The summed E-state index contributed by atoms with van der Waals surface area (Å²) in [5, 5.41) is 2.85. The molecule has 0 bridgehead atoms. The van der Waals surface area contributed by atoms with Crippen molar-refractivity contribution >= 4 is 11.6 Å². The van der Waals surface area contributed by atoms with Crippen LogP contribution in [0.2, 0.25) is 0 Å². The van der Waals surface area contributed by atoms with E-state index in [-0.39, 0.29) is 11.8 Å². The molecular weight excluding hydrogens is 164 g/mol. The van der Waals surface area contributed by atoms with Crippen LogP contribution in [0.5, 0.6) is 0 Å². The Hall–Kier alpha value is -1.35. The molecule has 1 aliphatic heterocycles. The van der Waals surface area contributed by atoms with Gasteiger partial charge in [0, 0.05) is 12.2 Å². The van der Waals surface area contributed by atoms with Crippen LogP contribution in [-0.4, -0.2) is 12.5 Å². The first-order valence-corrected chi connectivity index (χ1v) is 4.34. The first kappa shape index (κ1) is 8.26. The predicted octanol–water partition coefficient (Wildman–Crippen LogP) is 0.989. The molecule has 0 aliphatic carbocycles. The van der Waals surface area contributed by atoms with Crippen molar-refractivity contribution in [1.82, 2.24) is 0 Å². The summed E-state index contributed by atoms with van der Waals surface area (Å²) in [4.78, 5) is 11.4. The highest BCUT2D eigenvalue weighted by molar-refractivity contribution is 6.03. The molecular formula is C10H12N2O. The molecule has 3 nitrogen and oxygen atoms in total. The lowest BCUT2D eigenvalue weighted by atomic mass is 9.99. The maximum atomic E-state index is 11.4. The van der Waals surface area contributed by atoms with Crippen molar-refractivity contribution in [3.8, 4) is 0 Å². The molecule has 1 unspecified atom stereocenters. The zero-order valence-electron chi connectivity index (χ0n) is 7.50. The Bertz CT molecular complexity index is 360. The SMILES string of the molecule is Cc1cccc2c1NC(=O)C2CN. The monoisotopic (exact) mass is 176 g/mol. The third-order valence-corrected chi connectivity index (χ3v) is 2.48. The van der Waals surface area contributed by atoms with Gasteiger partial charge in [-0.1, -0.05) is 18.2 Å². The third kappa shape index (κ3) is 1.12. The first-order chi connectivity index (χ1) is 6.24. The molecule has 1 amide bonds. The summed E-state index contributed by atoms with van der Waals surface area (Å²) in [6.07, 6.45) is 0. The molecule has 1 atom stereocenters. The van der Waals surface area contributed by atoms with Gasteiger partial charge < -0.3 is 11.1 Å². The van der Waals surface area contributed by atoms with Gasteiger partial charge in [-0.15, -0.1) is 0 Å². The molecule has 0 spiro atoms. The van der Waals surface area contributed by atoms with Crippen LogP contribution < -0.4 is 11.1 Å². The molecule has 3 N–H and O–H groups in total. The van der Waals surface area contributed by atoms with Crippen molar-refractivity contribution in [3.05, 3.63) is 29.3 Å². The number of rotatable bonds is 1. The second-order valence-corrected chi connectivity index (χ2v) is 3.32. The number of benzene rings is 1. The number of hydrogen-bond donors (Lipinski definition) is 2. The summed E-state index contributed by atoms with van der Waals surface area (Å²) in [5.74, 6) is -0.137. The molecule has 1 aliphatic rings. The van der Waals surface area contributed by atoms with Crippen LogP contribution >= 0.6 is 0 Å². The Labute approximate surface area is 76.9 Å². The van der Waals surface area contributed by atoms with Gasteiger partial charge in [0.05, 0.1) is 5.92 Å². The van der Waals surface area contributed by atoms with E-state index in [9.17, 15) is 4.79 Å². The second kappa shape index (κ2) is 2.85. The van der Waals surface area contributed by atoms with Gasteiger partial charge >= 0.3 is 0 Å². The van der Waals surface area contributed by atoms with Crippen molar-refractivity contribution in [1.29, 1.82) is 0 Å². The molecule has 0 aromatic heterocycles. The van der Waals surface area contributed by atoms with Crippen molar-refractivity contribution in [3.63, 3.8) is 0 Å². The molecule has 0 radical (unpaired) electrons. The van der Waals surface area contributed by atoms with E-state index in [0.29, 0.717) is 6.54 Å². The van der Waals surface area contributed by atoms with Crippen LogP contribution in [0.25, 0.3) is 0 Å². The quantitative estimate of drug-likeness (QED) is 0.670. The molecule has 1 aromatic rings. The van der Waals surface area contributed by atoms with E-state index >= 15 is 0 Å². The molecule has 0 saturated carbocycles. The Kier molecular flexibility index (Phi) is 1.81. The Balaban J connectivity index is 2.54. The van der Waals surface area contributed by atoms with Gasteiger partial charge in [-0.25, -0.2) is 0 Å². The van der Waals surface area contributed by atoms with E-state index in [1.165, 1.54) is 0 Å². The second-order valence-electron chi connectivity index (χ2n) is 3.32. The Morgan fingerprint density at radius 1 is 1.54 bits per heavy atom. The van der Waals surface area contributed by atoms with Crippen molar-refractivity contribution in [2.75, 3.05) is 11.9 Å². The van der Waals surface area contributed by atoms with Crippen LogP contribution in [0.4, 0.5) is 5.69 Å². The van der Waals surface area contributed by atoms with Crippen LogP contribution in [0.1, 0.15) is 17.0 Å². The zero-order valence-corrected chi connectivity index (χ0v) is 7.50. The summed E-state index contributed by atoms with van der Waals surface area (Å²) in [7, 11) is 0. The topological polar surface area (TPSA) is 55.1 Å². The fourth-order valence-electron chi connectivity index (χ4n) is 1.74. The molecule has 1 aromatic carbocycles. The maximum absolute atomic E-state index is 11.4. The summed E-state index contributed by atoms with van der Waals surface area (Å²) < 4.78 is 0. The average molecular weight is 176 g/mol. The van der Waals surface area contributed by atoms with Gasteiger partial charge in [-0.05, 0) is 18.1 Å². The number of fused-ring (bicyclic) bond motifs is 1. The van der Waals surface area contributed by atoms with Gasteiger partial charge in [0.25, 0.3) is 0 Å². The van der Waals surface area contributed by atoms with Gasteiger partial charge in [0.15, 0.2) is 0 Å². The van der Waals surface area contributed by atoms with E-state index in [0.717, 1.165) is 16.8 Å². The van der Waals surface area contributed by atoms with Crippen LogP contribution in [0, 0.1) is 6.92 Å². The molecule has 13 heavy (non-hydrogen) atoms. The van der Waals surface area contributed by atoms with Crippen molar-refractivity contribution in [2.45, 2.75) is 12.8 Å². The van der Waals surface area contributed by atoms with E-state index in [1.54, 1.807) is 0 Å². The van der Waals surface area contributed by atoms with Crippen LogP contribution in [-0.2, 0) is 4.79 Å². The van der Waals surface area contributed by atoms with Crippen molar-refractivity contribution in [2.24, 2.45) is 5.73 Å². The minimum atomic E-state index is -0.158. The summed E-state index contributed by atoms with van der Waals surface area (Å²) >= 11 is 0. The average Bonchev–Trinajstić information content (AvgIpc) is 2.43. The summed E-state index contributed by atoms with van der Waals surface area (Å²) in [6, 6.07) is 5.90. The fraction of sp³-hybridized carbons (Fsp3) is 0.300. The minimum absolute atomic E-state index is 0.0202. The standard InChI is InChI=1S/C10H12N2O/c1-6-3-2-4-7-8(5-11)10(13)12-9(6)7/h2-4,8H,5,11H2,1H3,(H,12,13). The highest BCUT2D eigenvalue weighted by atomic mass is 16.2. The molecule has 0 saturated heterocycles. The van der Waals surface area contributed by atoms with E-state index in [1.807, 2.05) is 25.1 Å². The smallest absolute Gasteiger partial charge is 0.233 e. The largest absolute Gasteiger partial charge is 0.329 e. The van der Waals surface area contributed by atoms with E-state index < -0.39 is 0 Å². The Morgan fingerprint density at radius 2 is 2.31 bits per heavy atom. The lowest BCUT2D eigenvalue weighted by Gasteiger charge is -2.04. The minimum Gasteiger partial charge on any atom is -0.329 e. The predicted molar refractivity (Wildman–Crippen MR) is 51.6 cm³/mol. The highest BCUT2D eigenvalue weighted by Crippen LogP contribution is 2.33. The lowest BCUT2D eigenvalue weighted by Crippen LogP contribution is -2.20. The molecule has 2 rings (SSSR count). The van der Waals surface area contributed by atoms with Gasteiger partial charge in [0.2, 0.25) is 5.91 Å². The number of carbonyl (C=O) groups excluding carboxylic acids is 1. The maximum Gasteiger partial charge on any atom is 0.233 e. The number of hydrogen-bond acceptors (Lipinski definition) is 2. The Morgan fingerprint density at radius 3 is 3.00 bits per heavy atom. The lowest BCUT2D eigenvalue weighted by molar-refractivity contribution is -0.116. The number of para-hydroxylation sites is 1. The van der Waals surface area contributed by atoms with Gasteiger partial charge in [0.1, 0.15) is 0 Å². The molecule has 3 heteroatoms. The molecule has 68 valence electrons. The van der Waals surface area contributed by atoms with Gasteiger partial charge in [-0.2, -0.15) is 0 Å². The fourth-order valence-corrected chi connectivity index (χ4v) is 1.74. The van der Waals surface area contributed by atoms with Gasteiger partial charge in [-0.3, -0.25) is 4.79 Å². The summed E-state index contributed by atoms with van der Waals surface area (Å²) in [5.41, 5.74) is 8.61. The van der Waals surface area contributed by atoms with E-state index in [4.69, 9.17) is 5.73 Å². The number of carbonyl (C=O) groups is 1. The van der Waals surface area contributed by atoms with Crippen molar-refractivity contribution < 1.29 is 4.79 Å². The summed E-state index contributed by atoms with van der Waals surface area (Å²) in [6.45, 7) is 2.36. The number of nitrogens with one attached hydrogen (secondary N) is 1. The normalized spacial score (nSPS) is 19.8. The number of aryl methyl sites for hydroxylation is 1. The highest BCUT2D eigenvalue weighted by Gasteiger charge is 2.29. The van der Waals surface area contributed by atoms with E-state index in [2.05, 4.69) is 5.32 Å². The zero-order chi connectivity index (χ0) is 9.42. The van der Waals surface area contributed by atoms with Crippen LogP contribution in [0.15, 0.2) is 18.2 Å².